The van der Waals surface area contributed by atoms with Crippen LogP contribution in [0.1, 0.15) is 16.7 Å². The molecule has 2 rings (SSSR count). The smallest absolute Gasteiger partial charge is 0.0373 e. The molecule has 0 aliphatic carbocycles. The summed E-state index contributed by atoms with van der Waals surface area (Å²) in [6.07, 6.45) is 0. The zero-order valence-electron chi connectivity index (χ0n) is 12.0. The Morgan fingerprint density at radius 3 is 2.32 bits per heavy atom. The van der Waals surface area contributed by atoms with Crippen LogP contribution in [0.15, 0.2) is 42.5 Å². The van der Waals surface area contributed by atoms with Crippen LogP contribution in [-0.2, 0) is 0 Å². The molecule has 0 unspecified atom stereocenters. The summed E-state index contributed by atoms with van der Waals surface area (Å²) < 4.78 is 0. The molecule has 0 amide bonds. The maximum absolute atomic E-state index is 3.48. The molecule has 0 spiro atoms. The minimum absolute atomic E-state index is 0.914. The van der Waals surface area contributed by atoms with E-state index in [9.17, 15) is 0 Å². The van der Waals surface area contributed by atoms with Crippen LogP contribution in [-0.4, -0.2) is 13.1 Å². The number of hydrogen-bond donors (Lipinski definition) is 2. The monoisotopic (exact) mass is 254 g/mol. The van der Waals surface area contributed by atoms with E-state index in [2.05, 4.69) is 73.9 Å². The van der Waals surface area contributed by atoms with Gasteiger partial charge in [0.2, 0.25) is 0 Å². The molecular formula is C17H22N2. The summed E-state index contributed by atoms with van der Waals surface area (Å²) in [6.45, 7) is 8.19. The van der Waals surface area contributed by atoms with Crippen molar-refractivity contribution in [1.82, 2.24) is 0 Å². The van der Waals surface area contributed by atoms with Crippen LogP contribution < -0.4 is 10.6 Å². The van der Waals surface area contributed by atoms with Crippen LogP contribution in [0.5, 0.6) is 0 Å². The Hall–Kier alpha value is -1.96. The minimum atomic E-state index is 0.914. The van der Waals surface area contributed by atoms with Gasteiger partial charge in [-0.15, -0.1) is 0 Å². The van der Waals surface area contributed by atoms with Gasteiger partial charge in [-0.05, 0) is 55.7 Å². The van der Waals surface area contributed by atoms with Crippen molar-refractivity contribution < 1.29 is 0 Å². The molecule has 2 heteroatoms. The molecule has 2 N–H and O–H groups in total. The molecule has 2 aromatic carbocycles. The van der Waals surface area contributed by atoms with Crippen LogP contribution in [0, 0.1) is 20.8 Å². The molecule has 0 aliphatic rings. The zero-order valence-corrected chi connectivity index (χ0v) is 12.0. The largest absolute Gasteiger partial charge is 0.383 e. The van der Waals surface area contributed by atoms with Crippen molar-refractivity contribution in [2.45, 2.75) is 20.8 Å². The second-order valence-corrected chi connectivity index (χ2v) is 5.04. The van der Waals surface area contributed by atoms with Gasteiger partial charge in [-0.3, -0.25) is 0 Å². The standard InChI is InChI=1S/C17H22N2/c1-13-5-4-6-16(11-13)18-9-10-19-17-12-14(2)7-8-15(17)3/h4-8,11-12,18-19H,9-10H2,1-3H3. The highest BCUT2D eigenvalue weighted by molar-refractivity contribution is 5.53. The van der Waals surface area contributed by atoms with Gasteiger partial charge in [0.25, 0.3) is 0 Å². The summed E-state index contributed by atoms with van der Waals surface area (Å²) in [4.78, 5) is 0. The van der Waals surface area contributed by atoms with Gasteiger partial charge in [0, 0.05) is 24.5 Å². The first-order chi connectivity index (χ1) is 9.15. The van der Waals surface area contributed by atoms with Crippen LogP contribution in [0.3, 0.4) is 0 Å². The highest BCUT2D eigenvalue weighted by Crippen LogP contribution is 2.16. The molecule has 0 heterocycles. The first-order valence-electron chi connectivity index (χ1n) is 6.77. The second kappa shape index (κ2) is 6.28. The fourth-order valence-corrected chi connectivity index (χ4v) is 2.09. The van der Waals surface area contributed by atoms with Crippen LogP contribution in [0.2, 0.25) is 0 Å². The van der Waals surface area contributed by atoms with Gasteiger partial charge < -0.3 is 10.6 Å². The zero-order chi connectivity index (χ0) is 13.7. The topological polar surface area (TPSA) is 24.1 Å². The molecule has 2 nitrogen and oxygen atoms in total. The van der Waals surface area contributed by atoms with Gasteiger partial charge in [0.15, 0.2) is 0 Å². The molecule has 100 valence electrons. The van der Waals surface area contributed by atoms with E-state index in [-0.39, 0.29) is 0 Å². The Morgan fingerprint density at radius 1 is 0.789 bits per heavy atom. The lowest BCUT2D eigenvalue weighted by molar-refractivity contribution is 1.07. The predicted octanol–water partition coefficient (Wildman–Crippen LogP) is 4.14. The number of rotatable bonds is 5. The summed E-state index contributed by atoms with van der Waals surface area (Å²) in [6, 6.07) is 15.0. The Bertz CT molecular complexity index is 547. The van der Waals surface area contributed by atoms with Crippen molar-refractivity contribution in [3.63, 3.8) is 0 Å². The molecule has 0 saturated heterocycles. The van der Waals surface area contributed by atoms with E-state index in [0.29, 0.717) is 0 Å². The third-order valence-electron chi connectivity index (χ3n) is 3.18. The first kappa shape index (κ1) is 13.5. The van der Waals surface area contributed by atoms with E-state index in [0.717, 1.165) is 13.1 Å². The molecule has 0 radical (unpaired) electrons. The Balaban J connectivity index is 1.82. The summed E-state index contributed by atoms with van der Waals surface area (Å²) >= 11 is 0. The fourth-order valence-electron chi connectivity index (χ4n) is 2.09. The van der Waals surface area contributed by atoms with E-state index in [1.165, 1.54) is 28.1 Å². The first-order valence-corrected chi connectivity index (χ1v) is 6.77. The van der Waals surface area contributed by atoms with Gasteiger partial charge in [-0.1, -0.05) is 24.3 Å². The Labute approximate surface area is 115 Å². The number of benzene rings is 2. The van der Waals surface area contributed by atoms with E-state index in [1.54, 1.807) is 0 Å². The Morgan fingerprint density at radius 2 is 1.53 bits per heavy atom. The second-order valence-electron chi connectivity index (χ2n) is 5.04. The van der Waals surface area contributed by atoms with E-state index < -0.39 is 0 Å². The normalized spacial score (nSPS) is 10.3. The molecule has 2 aromatic rings. The van der Waals surface area contributed by atoms with Crippen molar-refractivity contribution in [2.24, 2.45) is 0 Å². The van der Waals surface area contributed by atoms with Gasteiger partial charge in [-0.25, -0.2) is 0 Å². The van der Waals surface area contributed by atoms with Crippen molar-refractivity contribution in [3.05, 3.63) is 59.2 Å². The lowest BCUT2D eigenvalue weighted by atomic mass is 10.1. The third-order valence-corrected chi connectivity index (χ3v) is 3.18. The molecule has 0 aromatic heterocycles. The number of anilines is 2. The lowest BCUT2D eigenvalue weighted by Gasteiger charge is -2.12. The number of hydrogen-bond acceptors (Lipinski definition) is 2. The summed E-state index contributed by atoms with van der Waals surface area (Å²) in [5.41, 5.74) is 6.28. The van der Waals surface area contributed by atoms with Crippen molar-refractivity contribution in [2.75, 3.05) is 23.7 Å². The molecular weight excluding hydrogens is 232 g/mol. The SMILES string of the molecule is Cc1cccc(NCCNc2cc(C)ccc2C)c1. The van der Waals surface area contributed by atoms with E-state index in [1.807, 2.05) is 0 Å². The highest BCUT2D eigenvalue weighted by Gasteiger charge is 1.97. The summed E-state index contributed by atoms with van der Waals surface area (Å²) in [5, 5.41) is 6.90. The van der Waals surface area contributed by atoms with Crippen LogP contribution in [0.25, 0.3) is 0 Å². The average molecular weight is 254 g/mol. The van der Waals surface area contributed by atoms with E-state index >= 15 is 0 Å². The van der Waals surface area contributed by atoms with Gasteiger partial charge in [0.05, 0.1) is 0 Å². The molecule has 0 saturated carbocycles. The molecule has 19 heavy (non-hydrogen) atoms. The predicted molar refractivity (Wildman–Crippen MR) is 84.1 cm³/mol. The van der Waals surface area contributed by atoms with Crippen LogP contribution in [0.4, 0.5) is 11.4 Å². The van der Waals surface area contributed by atoms with Gasteiger partial charge in [-0.2, -0.15) is 0 Å². The molecule has 0 aliphatic heterocycles. The van der Waals surface area contributed by atoms with Crippen molar-refractivity contribution in [1.29, 1.82) is 0 Å². The maximum Gasteiger partial charge on any atom is 0.0373 e. The van der Waals surface area contributed by atoms with Crippen molar-refractivity contribution in [3.8, 4) is 0 Å². The van der Waals surface area contributed by atoms with E-state index in [4.69, 9.17) is 0 Å². The Kier molecular flexibility index (Phi) is 4.45. The quantitative estimate of drug-likeness (QED) is 0.784. The number of nitrogens with one attached hydrogen (secondary N) is 2. The minimum Gasteiger partial charge on any atom is -0.383 e. The summed E-state index contributed by atoms with van der Waals surface area (Å²) in [7, 11) is 0. The van der Waals surface area contributed by atoms with Crippen LogP contribution >= 0.6 is 0 Å². The average Bonchev–Trinajstić information content (AvgIpc) is 2.39. The number of aryl methyl sites for hydroxylation is 3. The lowest BCUT2D eigenvalue weighted by Crippen LogP contribution is -2.14. The third kappa shape index (κ3) is 4.02. The maximum atomic E-state index is 3.48. The molecule has 0 fully saturated rings. The fraction of sp³-hybridized carbons (Fsp3) is 0.294. The molecule has 0 bridgehead atoms. The molecule has 0 atom stereocenters. The van der Waals surface area contributed by atoms with Gasteiger partial charge in [0.1, 0.15) is 0 Å². The van der Waals surface area contributed by atoms with Crippen molar-refractivity contribution >= 4 is 11.4 Å². The highest BCUT2D eigenvalue weighted by atomic mass is 14.9. The van der Waals surface area contributed by atoms with Gasteiger partial charge >= 0.3 is 0 Å². The summed E-state index contributed by atoms with van der Waals surface area (Å²) in [5.74, 6) is 0.